The lowest BCUT2D eigenvalue weighted by atomic mass is 10.1. The summed E-state index contributed by atoms with van der Waals surface area (Å²) in [7, 11) is 0. The minimum Gasteiger partial charge on any atom is -0.481 e. The number of carboxylic acid groups (broad SMARTS) is 1. The van der Waals surface area contributed by atoms with Crippen molar-refractivity contribution >= 4 is 17.8 Å². The molecule has 1 rings (SSSR count). The van der Waals surface area contributed by atoms with Crippen LogP contribution in [0.25, 0.3) is 0 Å². The molecule has 1 aliphatic heterocycles. The normalized spacial score (nSPS) is 18.8. The molecule has 0 aromatic heterocycles. The first-order valence-corrected chi connectivity index (χ1v) is 6.90. The third-order valence-corrected chi connectivity index (χ3v) is 3.17. The Morgan fingerprint density at radius 3 is 2.75 bits per heavy atom. The van der Waals surface area contributed by atoms with Crippen molar-refractivity contribution in [2.75, 3.05) is 32.8 Å². The number of carbonyl (C=O) groups is 3. The maximum atomic E-state index is 11.6. The van der Waals surface area contributed by atoms with Gasteiger partial charge in [-0.25, -0.2) is 0 Å². The number of hydrogen-bond acceptors (Lipinski definition) is 5. The minimum absolute atomic E-state index is 0.139. The van der Waals surface area contributed by atoms with E-state index in [9.17, 15) is 14.4 Å². The molecule has 1 atom stereocenters. The Labute approximate surface area is 118 Å². The van der Waals surface area contributed by atoms with Crippen LogP contribution in [-0.2, 0) is 19.1 Å². The maximum Gasteiger partial charge on any atom is 0.307 e. The number of nitrogens with zero attached hydrogens (tertiary/aromatic N) is 1. The first kappa shape index (κ1) is 16.4. The van der Waals surface area contributed by atoms with Crippen LogP contribution in [-0.4, -0.2) is 60.6 Å². The number of aliphatic carboxylic acids is 1. The van der Waals surface area contributed by atoms with E-state index >= 15 is 0 Å². The highest BCUT2D eigenvalue weighted by Gasteiger charge is 2.28. The molecule has 1 aliphatic rings. The molecule has 1 saturated heterocycles. The summed E-state index contributed by atoms with van der Waals surface area (Å²) in [6.07, 6.45) is 1.42. The summed E-state index contributed by atoms with van der Waals surface area (Å²) in [6.45, 7) is 3.81. The highest BCUT2D eigenvalue weighted by atomic mass is 16.5. The van der Waals surface area contributed by atoms with Gasteiger partial charge in [0.05, 0.1) is 19.1 Å². The Balaban J connectivity index is 2.09. The van der Waals surface area contributed by atoms with Crippen molar-refractivity contribution in [1.29, 1.82) is 0 Å². The summed E-state index contributed by atoms with van der Waals surface area (Å²) >= 11 is 0. The molecule has 1 heterocycles. The van der Waals surface area contributed by atoms with Gasteiger partial charge in [-0.05, 0) is 26.3 Å². The molecule has 1 fully saturated rings. The van der Waals surface area contributed by atoms with Gasteiger partial charge in [0.15, 0.2) is 0 Å². The van der Waals surface area contributed by atoms with E-state index in [1.54, 1.807) is 6.92 Å². The van der Waals surface area contributed by atoms with Crippen LogP contribution in [0.15, 0.2) is 0 Å². The number of rotatable bonds is 8. The van der Waals surface area contributed by atoms with Crippen molar-refractivity contribution < 1.29 is 24.2 Å². The number of hydrogen-bond donors (Lipinski definition) is 2. The number of likely N-dealkylation sites (tertiary alicyclic amines) is 1. The Morgan fingerprint density at radius 1 is 1.40 bits per heavy atom. The molecule has 0 bridgehead atoms. The fourth-order valence-electron chi connectivity index (χ4n) is 2.13. The quantitative estimate of drug-likeness (QED) is 0.476. The van der Waals surface area contributed by atoms with Crippen LogP contribution >= 0.6 is 0 Å². The molecular formula is C13H22N2O5. The fourth-order valence-corrected chi connectivity index (χ4v) is 2.13. The molecule has 0 aromatic rings. The van der Waals surface area contributed by atoms with Gasteiger partial charge < -0.3 is 15.2 Å². The van der Waals surface area contributed by atoms with Gasteiger partial charge in [-0.15, -0.1) is 0 Å². The van der Waals surface area contributed by atoms with E-state index in [4.69, 9.17) is 9.84 Å². The predicted molar refractivity (Wildman–Crippen MR) is 71.1 cm³/mol. The van der Waals surface area contributed by atoms with E-state index in [0.29, 0.717) is 45.5 Å². The van der Waals surface area contributed by atoms with Crippen LogP contribution in [0.1, 0.15) is 26.2 Å². The molecule has 20 heavy (non-hydrogen) atoms. The summed E-state index contributed by atoms with van der Waals surface area (Å²) in [6, 6.07) is 0. The molecule has 7 heteroatoms. The molecule has 114 valence electrons. The van der Waals surface area contributed by atoms with Crippen molar-refractivity contribution in [2.45, 2.75) is 26.2 Å². The van der Waals surface area contributed by atoms with Gasteiger partial charge in [0, 0.05) is 19.5 Å². The van der Waals surface area contributed by atoms with Crippen molar-refractivity contribution in [1.82, 2.24) is 10.2 Å². The van der Waals surface area contributed by atoms with Crippen molar-refractivity contribution in [2.24, 2.45) is 5.92 Å². The van der Waals surface area contributed by atoms with Gasteiger partial charge in [-0.2, -0.15) is 0 Å². The molecule has 0 aromatic carbocycles. The minimum atomic E-state index is -0.803. The van der Waals surface area contributed by atoms with Crippen LogP contribution in [0.5, 0.6) is 0 Å². The zero-order valence-electron chi connectivity index (χ0n) is 11.8. The van der Waals surface area contributed by atoms with E-state index in [1.807, 2.05) is 4.90 Å². The van der Waals surface area contributed by atoms with Gasteiger partial charge in [-0.3, -0.25) is 19.3 Å². The third-order valence-electron chi connectivity index (χ3n) is 3.17. The van der Waals surface area contributed by atoms with E-state index in [1.165, 1.54) is 0 Å². The molecule has 1 unspecified atom stereocenters. The van der Waals surface area contributed by atoms with Crippen LogP contribution < -0.4 is 5.32 Å². The molecule has 0 radical (unpaired) electrons. The standard InChI is InChI=1S/C13H22N2O5/c1-2-20-12(17)4-3-6-14-11(16)9-15-7-5-10(8-15)13(18)19/h10H,2-9H2,1H3,(H,14,16)(H,18,19). The Bertz CT molecular complexity index is 359. The highest BCUT2D eigenvalue weighted by Crippen LogP contribution is 2.15. The van der Waals surface area contributed by atoms with Crippen LogP contribution in [0.3, 0.4) is 0 Å². The summed E-state index contributed by atoms with van der Waals surface area (Å²) in [5.74, 6) is -1.57. The summed E-state index contributed by atoms with van der Waals surface area (Å²) in [5, 5.41) is 11.6. The van der Waals surface area contributed by atoms with Gasteiger partial charge in [0.1, 0.15) is 0 Å². The maximum absolute atomic E-state index is 11.6. The molecule has 0 aliphatic carbocycles. The number of ether oxygens (including phenoxy) is 1. The zero-order valence-corrected chi connectivity index (χ0v) is 11.8. The average molecular weight is 286 g/mol. The van der Waals surface area contributed by atoms with E-state index in [-0.39, 0.29) is 24.3 Å². The van der Waals surface area contributed by atoms with Crippen molar-refractivity contribution in [3.63, 3.8) is 0 Å². The molecule has 7 nitrogen and oxygen atoms in total. The smallest absolute Gasteiger partial charge is 0.307 e. The summed E-state index contributed by atoms with van der Waals surface area (Å²) < 4.78 is 4.78. The van der Waals surface area contributed by atoms with Crippen LogP contribution in [0.2, 0.25) is 0 Å². The van der Waals surface area contributed by atoms with E-state index in [0.717, 1.165) is 0 Å². The number of nitrogens with one attached hydrogen (secondary N) is 1. The topological polar surface area (TPSA) is 95.9 Å². The van der Waals surface area contributed by atoms with Crippen LogP contribution in [0, 0.1) is 5.92 Å². The van der Waals surface area contributed by atoms with E-state index in [2.05, 4.69) is 5.32 Å². The van der Waals surface area contributed by atoms with Crippen molar-refractivity contribution in [3.8, 4) is 0 Å². The summed E-state index contributed by atoms with van der Waals surface area (Å²) in [5.41, 5.74) is 0. The van der Waals surface area contributed by atoms with Gasteiger partial charge in [0.25, 0.3) is 0 Å². The first-order valence-electron chi connectivity index (χ1n) is 6.90. The van der Waals surface area contributed by atoms with Crippen molar-refractivity contribution in [3.05, 3.63) is 0 Å². The Kier molecular flexibility index (Phi) is 7.00. The number of carbonyl (C=O) groups excluding carboxylic acids is 2. The van der Waals surface area contributed by atoms with Gasteiger partial charge in [0.2, 0.25) is 5.91 Å². The lowest BCUT2D eigenvalue weighted by Gasteiger charge is -2.14. The second kappa shape index (κ2) is 8.52. The second-order valence-electron chi connectivity index (χ2n) is 4.82. The highest BCUT2D eigenvalue weighted by molar-refractivity contribution is 5.78. The largest absolute Gasteiger partial charge is 0.481 e. The lowest BCUT2D eigenvalue weighted by molar-refractivity contribution is -0.143. The van der Waals surface area contributed by atoms with Gasteiger partial charge in [-0.1, -0.05) is 0 Å². The number of amides is 1. The number of carboxylic acids is 1. The average Bonchev–Trinajstić information content (AvgIpc) is 2.83. The summed E-state index contributed by atoms with van der Waals surface area (Å²) in [4.78, 5) is 35.3. The monoisotopic (exact) mass is 286 g/mol. The van der Waals surface area contributed by atoms with Crippen LogP contribution in [0.4, 0.5) is 0 Å². The Morgan fingerprint density at radius 2 is 2.15 bits per heavy atom. The zero-order chi connectivity index (χ0) is 15.0. The first-order chi connectivity index (χ1) is 9.52. The SMILES string of the molecule is CCOC(=O)CCCNC(=O)CN1CCC(C(=O)O)C1. The molecule has 1 amide bonds. The van der Waals surface area contributed by atoms with E-state index < -0.39 is 5.97 Å². The predicted octanol–water partition coefficient (Wildman–Crippen LogP) is -0.148. The Hall–Kier alpha value is -1.63. The fraction of sp³-hybridized carbons (Fsp3) is 0.769. The molecule has 0 spiro atoms. The third kappa shape index (κ3) is 6.01. The lowest BCUT2D eigenvalue weighted by Crippen LogP contribution is -2.37. The molecule has 0 saturated carbocycles. The van der Waals surface area contributed by atoms with Gasteiger partial charge >= 0.3 is 11.9 Å². The molecular weight excluding hydrogens is 264 g/mol. The molecule has 2 N–H and O–H groups in total. The number of esters is 1. The second-order valence-corrected chi connectivity index (χ2v) is 4.82.